The highest BCUT2D eigenvalue weighted by atomic mass is 79.9. The maximum Gasteiger partial charge on any atom is 0.331 e. The molecule has 0 N–H and O–H groups in total. The van der Waals surface area contributed by atoms with Gasteiger partial charge in [0.05, 0.1) is 17.4 Å². The summed E-state index contributed by atoms with van der Waals surface area (Å²) in [5.41, 5.74) is 1.17. The van der Waals surface area contributed by atoms with Crippen molar-refractivity contribution in [3.05, 3.63) is 79.4 Å². The van der Waals surface area contributed by atoms with Crippen LogP contribution in [0.4, 0.5) is 0 Å². The van der Waals surface area contributed by atoms with Crippen LogP contribution in [-0.4, -0.2) is 9.13 Å². The van der Waals surface area contributed by atoms with E-state index in [1.807, 2.05) is 42.5 Å². The van der Waals surface area contributed by atoms with Gasteiger partial charge in [-0.2, -0.15) is 0 Å². The molecule has 0 aliphatic heterocycles. The van der Waals surface area contributed by atoms with E-state index < -0.39 is 0 Å². The fourth-order valence-electron chi connectivity index (χ4n) is 2.59. The van der Waals surface area contributed by atoms with Gasteiger partial charge in [0.1, 0.15) is 0 Å². The van der Waals surface area contributed by atoms with Gasteiger partial charge in [-0.05, 0) is 30.7 Å². The van der Waals surface area contributed by atoms with Crippen molar-refractivity contribution in [2.24, 2.45) is 0 Å². The van der Waals surface area contributed by atoms with Crippen LogP contribution in [0.2, 0.25) is 0 Å². The minimum absolute atomic E-state index is 0.242. The maximum atomic E-state index is 12.6. The van der Waals surface area contributed by atoms with Crippen molar-refractivity contribution in [2.45, 2.75) is 20.0 Å². The second-order valence-electron chi connectivity index (χ2n) is 5.07. The molecule has 0 unspecified atom stereocenters. The Balaban J connectivity index is 2.33. The van der Waals surface area contributed by atoms with E-state index in [1.165, 1.54) is 4.57 Å². The molecule has 112 valence electrons. The van der Waals surface area contributed by atoms with Gasteiger partial charge in [0.2, 0.25) is 0 Å². The van der Waals surface area contributed by atoms with Gasteiger partial charge < -0.3 is 0 Å². The number of halogens is 1. The number of nitrogens with zero attached hydrogens (tertiary/aromatic N) is 2. The summed E-state index contributed by atoms with van der Waals surface area (Å²) in [6.45, 7) is 2.60. The topological polar surface area (TPSA) is 44.0 Å². The molecule has 3 rings (SSSR count). The molecule has 22 heavy (non-hydrogen) atoms. The van der Waals surface area contributed by atoms with E-state index in [0.29, 0.717) is 24.0 Å². The lowest BCUT2D eigenvalue weighted by atomic mass is 10.2. The van der Waals surface area contributed by atoms with Crippen LogP contribution in [0.15, 0.2) is 62.6 Å². The molecule has 0 fully saturated rings. The largest absolute Gasteiger partial charge is 0.331 e. The minimum Gasteiger partial charge on any atom is -0.289 e. The average molecular weight is 359 g/mol. The summed E-state index contributed by atoms with van der Waals surface area (Å²) < 4.78 is 3.75. The Morgan fingerprint density at radius 3 is 2.41 bits per heavy atom. The average Bonchev–Trinajstić information content (AvgIpc) is 2.53. The van der Waals surface area contributed by atoms with E-state index in [0.717, 1.165) is 10.0 Å². The maximum absolute atomic E-state index is 12.6. The van der Waals surface area contributed by atoms with Crippen LogP contribution in [-0.2, 0) is 13.1 Å². The first-order chi connectivity index (χ1) is 10.6. The summed E-state index contributed by atoms with van der Waals surface area (Å²) in [7, 11) is 0. The predicted molar refractivity (Wildman–Crippen MR) is 91.4 cm³/mol. The second kappa shape index (κ2) is 5.93. The van der Waals surface area contributed by atoms with E-state index in [9.17, 15) is 9.59 Å². The van der Waals surface area contributed by atoms with E-state index in [-0.39, 0.29) is 11.2 Å². The normalized spacial score (nSPS) is 11.0. The third-order valence-electron chi connectivity index (χ3n) is 3.69. The van der Waals surface area contributed by atoms with Gasteiger partial charge in [-0.15, -0.1) is 0 Å². The molecular weight excluding hydrogens is 344 g/mol. The number of rotatable bonds is 3. The lowest BCUT2D eigenvalue weighted by Gasteiger charge is -2.13. The Morgan fingerprint density at radius 1 is 1.00 bits per heavy atom. The summed E-state index contributed by atoms with van der Waals surface area (Å²) >= 11 is 3.39. The molecule has 0 atom stereocenters. The van der Waals surface area contributed by atoms with Gasteiger partial charge in [0, 0.05) is 11.0 Å². The molecule has 4 nitrogen and oxygen atoms in total. The Bertz CT molecular complexity index is 943. The molecule has 1 heterocycles. The second-order valence-corrected chi connectivity index (χ2v) is 5.98. The summed E-state index contributed by atoms with van der Waals surface area (Å²) in [5, 5.41) is 0.548. The summed E-state index contributed by atoms with van der Waals surface area (Å²) in [6.07, 6.45) is 0. The minimum atomic E-state index is -0.272. The number of hydrogen-bond acceptors (Lipinski definition) is 2. The van der Waals surface area contributed by atoms with Crippen molar-refractivity contribution in [1.29, 1.82) is 0 Å². The van der Waals surface area contributed by atoms with Crippen molar-refractivity contribution in [3.63, 3.8) is 0 Å². The Labute approximate surface area is 135 Å². The zero-order valence-corrected chi connectivity index (χ0v) is 13.7. The highest BCUT2D eigenvalue weighted by molar-refractivity contribution is 9.10. The molecule has 0 saturated heterocycles. The van der Waals surface area contributed by atoms with Gasteiger partial charge in [-0.3, -0.25) is 13.9 Å². The lowest BCUT2D eigenvalue weighted by molar-refractivity contribution is 0.619. The van der Waals surface area contributed by atoms with Crippen LogP contribution in [0.5, 0.6) is 0 Å². The summed E-state index contributed by atoms with van der Waals surface area (Å²) in [5.74, 6) is 0. The molecule has 0 amide bonds. The smallest absolute Gasteiger partial charge is 0.289 e. The highest BCUT2D eigenvalue weighted by Crippen LogP contribution is 2.17. The van der Waals surface area contributed by atoms with Crippen LogP contribution in [0.25, 0.3) is 10.9 Å². The van der Waals surface area contributed by atoms with Crippen molar-refractivity contribution in [1.82, 2.24) is 9.13 Å². The van der Waals surface area contributed by atoms with Crippen molar-refractivity contribution in [2.75, 3.05) is 0 Å². The summed E-state index contributed by atoms with van der Waals surface area (Å²) in [6, 6.07) is 15.2. The zero-order valence-electron chi connectivity index (χ0n) is 12.1. The van der Waals surface area contributed by atoms with Gasteiger partial charge in [0.25, 0.3) is 5.56 Å². The molecule has 0 aliphatic carbocycles. The third-order valence-corrected chi connectivity index (χ3v) is 4.18. The predicted octanol–water partition coefficient (Wildman–Crippen LogP) is 2.99. The van der Waals surface area contributed by atoms with E-state index in [1.54, 1.807) is 17.6 Å². The van der Waals surface area contributed by atoms with Crippen LogP contribution < -0.4 is 11.2 Å². The standard InChI is InChI=1S/C17H15BrN2O2/c1-2-19-16(21)14-10-13(18)8-9-15(14)20(17(19)22)11-12-6-4-3-5-7-12/h3-10H,2,11H2,1H3. The molecule has 0 aliphatic rings. The van der Waals surface area contributed by atoms with Gasteiger partial charge >= 0.3 is 5.69 Å². The van der Waals surface area contributed by atoms with Crippen LogP contribution >= 0.6 is 15.9 Å². The van der Waals surface area contributed by atoms with Crippen LogP contribution in [0.3, 0.4) is 0 Å². The van der Waals surface area contributed by atoms with Crippen molar-refractivity contribution >= 4 is 26.8 Å². The molecule has 0 spiro atoms. The number of fused-ring (bicyclic) bond motifs is 1. The monoisotopic (exact) mass is 358 g/mol. The van der Waals surface area contributed by atoms with Crippen LogP contribution in [0, 0.1) is 0 Å². The molecule has 0 bridgehead atoms. The molecular formula is C17H15BrN2O2. The van der Waals surface area contributed by atoms with E-state index >= 15 is 0 Å². The first-order valence-corrected chi connectivity index (χ1v) is 7.88. The number of hydrogen-bond donors (Lipinski definition) is 0. The Kier molecular flexibility index (Phi) is 3.98. The molecule has 1 aromatic heterocycles. The molecule has 2 aromatic carbocycles. The highest BCUT2D eigenvalue weighted by Gasteiger charge is 2.12. The molecule has 3 aromatic rings. The van der Waals surface area contributed by atoms with E-state index in [4.69, 9.17) is 0 Å². The van der Waals surface area contributed by atoms with Crippen LogP contribution in [0.1, 0.15) is 12.5 Å². The number of aromatic nitrogens is 2. The quantitative estimate of drug-likeness (QED) is 0.722. The van der Waals surface area contributed by atoms with E-state index in [2.05, 4.69) is 15.9 Å². The Hall–Kier alpha value is -2.14. The molecule has 0 radical (unpaired) electrons. The van der Waals surface area contributed by atoms with Gasteiger partial charge in [-0.25, -0.2) is 4.79 Å². The van der Waals surface area contributed by atoms with Gasteiger partial charge in [0.15, 0.2) is 0 Å². The Morgan fingerprint density at radius 2 is 1.73 bits per heavy atom. The third kappa shape index (κ3) is 2.52. The first-order valence-electron chi connectivity index (χ1n) is 7.08. The summed E-state index contributed by atoms with van der Waals surface area (Å²) in [4.78, 5) is 25.1. The number of benzene rings is 2. The fraction of sp³-hybridized carbons (Fsp3) is 0.176. The molecule has 0 saturated carbocycles. The van der Waals surface area contributed by atoms with Crippen molar-refractivity contribution < 1.29 is 0 Å². The first kappa shape index (κ1) is 14.8. The SMILES string of the molecule is CCn1c(=O)c2cc(Br)ccc2n(Cc2ccccc2)c1=O. The van der Waals surface area contributed by atoms with Crippen molar-refractivity contribution in [3.8, 4) is 0 Å². The molecule has 5 heteroatoms. The zero-order chi connectivity index (χ0) is 15.7. The lowest BCUT2D eigenvalue weighted by Crippen LogP contribution is -2.39. The fourth-order valence-corrected chi connectivity index (χ4v) is 2.95. The van der Waals surface area contributed by atoms with Gasteiger partial charge in [-0.1, -0.05) is 46.3 Å².